The van der Waals surface area contributed by atoms with E-state index < -0.39 is 0 Å². The molecule has 4 aromatic rings. The number of hydrogen-bond acceptors (Lipinski definition) is 1. The Balaban J connectivity index is 1.94. The highest BCUT2D eigenvalue weighted by Gasteiger charge is 2.05. The molecule has 0 unspecified atom stereocenters. The molecule has 0 amide bonds. The van der Waals surface area contributed by atoms with Gasteiger partial charge in [0.05, 0.1) is 11.0 Å². The van der Waals surface area contributed by atoms with Crippen LogP contribution in [0.2, 0.25) is 0 Å². The van der Waals surface area contributed by atoms with Gasteiger partial charge in [-0.15, -0.1) is 0 Å². The summed E-state index contributed by atoms with van der Waals surface area (Å²) in [5.74, 6) is 0. The lowest BCUT2D eigenvalue weighted by Crippen LogP contribution is -1.85. The first-order valence-corrected chi connectivity index (χ1v) is 7.52. The fraction of sp³-hybridized carbons (Fsp3) is 0. The van der Waals surface area contributed by atoms with E-state index >= 15 is 0 Å². The van der Waals surface area contributed by atoms with Crippen molar-refractivity contribution in [3.63, 3.8) is 0 Å². The van der Waals surface area contributed by atoms with Crippen molar-refractivity contribution in [2.24, 2.45) is 0 Å². The minimum Gasteiger partial charge on any atom is -0.300 e. The van der Waals surface area contributed by atoms with Crippen LogP contribution in [0.5, 0.6) is 0 Å². The molecular formula is C17H11IN2. The molecule has 0 saturated carbocycles. The number of benzene rings is 2. The normalized spacial score (nSPS) is 11.2. The molecule has 2 aromatic carbocycles. The van der Waals surface area contributed by atoms with E-state index in [0.717, 1.165) is 16.7 Å². The Morgan fingerprint density at radius 2 is 1.65 bits per heavy atom. The minimum atomic E-state index is 0.988. The fourth-order valence-corrected chi connectivity index (χ4v) is 2.85. The van der Waals surface area contributed by atoms with E-state index in [1.165, 1.54) is 14.7 Å². The highest BCUT2D eigenvalue weighted by molar-refractivity contribution is 14.1. The number of halogens is 1. The van der Waals surface area contributed by atoms with Crippen molar-refractivity contribution in [2.75, 3.05) is 0 Å². The molecule has 0 saturated heterocycles. The predicted octanol–water partition coefficient (Wildman–Crippen LogP) is 4.76. The van der Waals surface area contributed by atoms with E-state index in [0.29, 0.717) is 0 Å². The molecule has 3 heteroatoms. The Bertz CT molecular complexity index is 907. The van der Waals surface area contributed by atoms with Crippen LogP contribution in [-0.4, -0.2) is 9.38 Å². The van der Waals surface area contributed by atoms with Crippen LogP contribution < -0.4 is 0 Å². The molecule has 0 aliphatic carbocycles. The molecule has 0 spiro atoms. The van der Waals surface area contributed by atoms with E-state index in [-0.39, 0.29) is 0 Å². The number of pyridine rings is 1. The lowest BCUT2D eigenvalue weighted by atomic mass is 10.1. The second kappa shape index (κ2) is 4.59. The maximum atomic E-state index is 4.68. The van der Waals surface area contributed by atoms with Crippen LogP contribution in [0, 0.1) is 3.57 Å². The number of para-hydroxylation sites is 2. The molecule has 4 rings (SSSR count). The summed E-state index contributed by atoms with van der Waals surface area (Å²) in [6.07, 6.45) is 2.10. The predicted molar refractivity (Wildman–Crippen MR) is 90.9 cm³/mol. The maximum absolute atomic E-state index is 4.68. The van der Waals surface area contributed by atoms with Gasteiger partial charge in [0.2, 0.25) is 0 Å². The van der Waals surface area contributed by atoms with Crippen LogP contribution in [0.1, 0.15) is 0 Å². The third-order valence-corrected chi connectivity index (χ3v) is 4.21. The van der Waals surface area contributed by atoms with Gasteiger partial charge >= 0.3 is 0 Å². The van der Waals surface area contributed by atoms with Crippen LogP contribution in [0.4, 0.5) is 0 Å². The molecule has 2 nitrogen and oxygen atoms in total. The van der Waals surface area contributed by atoms with E-state index in [1.54, 1.807) is 0 Å². The van der Waals surface area contributed by atoms with Gasteiger partial charge in [-0.25, -0.2) is 4.98 Å². The van der Waals surface area contributed by atoms with Gasteiger partial charge in [-0.2, -0.15) is 0 Å². The number of hydrogen-bond donors (Lipinski definition) is 0. The van der Waals surface area contributed by atoms with Crippen LogP contribution in [-0.2, 0) is 0 Å². The molecule has 0 radical (unpaired) electrons. The minimum absolute atomic E-state index is 0.988. The number of rotatable bonds is 1. The average molecular weight is 368 g/mol. The summed E-state index contributed by atoms with van der Waals surface area (Å²) in [4.78, 5) is 4.68. The zero-order valence-electron chi connectivity index (χ0n) is 10.6. The zero-order chi connectivity index (χ0) is 13.5. The number of aromatic nitrogens is 2. The monoisotopic (exact) mass is 368 g/mol. The number of nitrogens with zero attached hydrogens (tertiary/aromatic N) is 2. The first-order valence-electron chi connectivity index (χ1n) is 6.44. The molecule has 96 valence electrons. The van der Waals surface area contributed by atoms with E-state index in [1.807, 2.05) is 18.2 Å². The summed E-state index contributed by atoms with van der Waals surface area (Å²) in [5.41, 5.74) is 5.59. The van der Waals surface area contributed by atoms with Crippen LogP contribution in [0.15, 0.2) is 66.9 Å². The van der Waals surface area contributed by atoms with Gasteiger partial charge in [-0.05, 0) is 70.1 Å². The molecule has 0 N–H and O–H groups in total. The Morgan fingerprint density at radius 1 is 0.850 bits per heavy atom. The van der Waals surface area contributed by atoms with Crippen LogP contribution in [0.3, 0.4) is 0 Å². The van der Waals surface area contributed by atoms with Crippen molar-refractivity contribution < 1.29 is 0 Å². The zero-order valence-corrected chi connectivity index (χ0v) is 12.8. The summed E-state index contributed by atoms with van der Waals surface area (Å²) < 4.78 is 3.38. The lowest BCUT2D eigenvalue weighted by molar-refractivity contribution is 1.23. The Morgan fingerprint density at radius 3 is 2.50 bits per heavy atom. The van der Waals surface area contributed by atoms with Crippen molar-refractivity contribution in [2.45, 2.75) is 0 Å². The Labute approximate surface area is 130 Å². The number of imidazole rings is 1. The molecule has 0 aliphatic rings. The second-order valence-electron chi connectivity index (χ2n) is 4.75. The highest BCUT2D eigenvalue weighted by atomic mass is 125. The third-order valence-electron chi connectivity index (χ3n) is 3.49. The first kappa shape index (κ1) is 11.9. The molecule has 2 aromatic heterocycles. The Kier molecular flexibility index (Phi) is 2.73. The van der Waals surface area contributed by atoms with Crippen molar-refractivity contribution >= 4 is 39.3 Å². The number of fused-ring (bicyclic) bond motifs is 3. The topological polar surface area (TPSA) is 17.3 Å². The van der Waals surface area contributed by atoms with E-state index in [2.05, 4.69) is 80.6 Å². The highest BCUT2D eigenvalue weighted by Crippen LogP contribution is 2.24. The smallest absolute Gasteiger partial charge is 0.138 e. The largest absolute Gasteiger partial charge is 0.300 e. The lowest BCUT2D eigenvalue weighted by Gasteiger charge is -2.03. The van der Waals surface area contributed by atoms with E-state index in [9.17, 15) is 0 Å². The van der Waals surface area contributed by atoms with E-state index in [4.69, 9.17) is 0 Å². The van der Waals surface area contributed by atoms with Crippen molar-refractivity contribution in [1.82, 2.24) is 9.38 Å². The standard InChI is InChI=1S/C17H11IN2/c18-14-7-5-12(6-8-14)13-9-10-20-16-4-2-1-3-15(16)19-17(20)11-13/h1-11H/i18-2. The van der Waals surface area contributed by atoms with Gasteiger partial charge in [-0.3, -0.25) is 4.40 Å². The molecular weight excluding hydrogens is 357 g/mol. The summed E-state index contributed by atoms with van der Waals surface area (Å²) in [7, 11) is 0. The SMILES string of the molecule is [125I]c1ccc(-c2ccn3c(c2)nc2ccccc23)cc1. The van der Waals surface area contributed by atoms with Gasteiger partial charge in [0.15, 0.2) is 0 Å². The molecule has 0 aliphatic heterocycles. The molecule has 2 heterocycles. The molecule has 0 fully saturated rings. The summed E-state index contributed by atoms with van der Waals surface area (Å²) in [6.45, 7) is 0. The first-order chi connectivity index (χ1) is 9.81. The van der Waals surface area contributed by atoms with Crippen molar-refractivity contribution in [3.8, 4) is 11.1 Å². The average Bonchev–Trinajstić information content (AvgIpc) is 2.85. The molecule has 0 atom stereocenters. The van der Waals surface area contributed by atoms with Gasteiger partial charge in [0, 0.05) is 9.77 Å². The Hall–Kier alpha value is -1.88. The molecule has 0 bridgehead atoms. The second-order valence-corrected chi connectivity index (χ2v) is 6.00. The fourth-order valence-electron chi connectivity index (χ4n) is 2.49. The third kappa shape index (κ3) is 1.89. The van der Waals surface area contributed by atoms with Gasteiger partial charge < -0.3 is 0 Å². The van der Waals surface area contributed by atoms with Gasteiger partial charge in [0.25, 0.3) is 0 Å². The maximum Gasteiger partial charge on any atom is 0.138 e. The van der Waals surface area contributed by atoms with Crippen LogP contribution >= 0.6 is 22.6 Å². The van der Waals surface area contributed by atoms with Gasteiger partial charge in [-0.1, -0.05) is 24.3 Å². The van der Waals surface area contributed by atoms with Crippen molar-refractivity contribution in [1.29, 1.82) is 0 Å². The quantitative estimate of drug-likeness (QED) is 0.443. The summed E-state index contributed by atoms with van der Waals surface area (Å²) in [6, 6.07) is 21.0. The van der Waals surface area contributed by atoms with Gasteiger partial charge in [0.1, 0.15) is 5.65 Å². The van der Waals surface area contributed by atoms with Crippen molar-refractivity contribution in [3.05, 3.63) is 70.4 Å². The molecule has 20 heavy (non-hydrogen) atoms. The summed E-state index contributed by atoms with van der Waals surface area (Å²) >= 11 is 2.32. The van der Waals surface area contributed by atoms with Crippen LogP contribution in [0.25, 0.3) is 27.8 Å². The summed E-state index contributed by atoms with van der Waals surface area (Å²) in [5, 5.41) is 0.